The summed E-state index contributed by atoms with van der Waals surface area (Å²) in [6, 6.07) is 18.7. The van der Waals surface area contributed by atoms with E-state index in [1.54, 1.807) is 0 Å². The molecule has 0 aromatic heterocycles. The van der Waals surface area contributed by atoms with Crippen LogP contribution in [0.4, 0.5) is 4.79 Å². The number of rotatable bonds is 6. The van der Waals surface area contributed by atoms with Gasteiger partial charge in [-0.25, -0.2) is 4.79 Å². The van der Waals surface area contributed by atoms with Crippen LogP contribution in [-0.4, -0.2) is 23.5 Å². The van der Waals surface area contributed by atoms with Gasteiger partial charge in [-0.15, -0.1) is 0 Å². The SMILES string of the molecule is Cc1ccc(CCNC(=O)N(Cc2ccccc2)C(C)C)cc1. The highest BCUT2D eigenvalue weighted by Crippen LogP contribution is 2.09. The third kappa shape index (κ3) is 5.44. The van der Waals surface area contributed by atoms with Crippen molar-refractivity contribution in [3.05, 3.63) is 71.3 Å². The lowest BCUT2D eigenvalue weighted by Crippen LogP contribution is -2.44. The number of amides is 2. The van der Waals surface area contributed by atoms with E-state index < -0.39 is 0 Å². The number of urea groups is 1. The Morgan fingerprint density at radius 2 is 1.65 bits per heavy atom. The highest BCUT2D eigenvalue weighted by atomic mass is 16.2. The molecule has 0 saturated heterocycles. The second-order valence-corrected chi connectivity index (χ2v) is 6.17. The molecule has 0 fully saturated rings. The van der Waals surface area contributed by atoms with Crippen molar-refractivity contribution in [2.45, 2.75) is 39.8 Å². The fourth-order valence-corrected chi connectivity index (χ4v) is 2.44. The molecule has 0 bridgehead atoms. The van der Waals surface area contributed by atoms with Crippen LogP contribution in [0.5, 0.6) is 0 Å². The van der Waals surface area contributed by atoms with E-state index in [4.69, 9.17) is 0 Å². The van der Waals surface area contributed by atoms with E-state index in [0.717, 1.165) is 12.0 Å². The van der Waals surface area contributed by atoms with Gasteiger partial charge in [-0.3, -0.25) is 0 Å². The minimum absolute atomic E-state index is 0.00374. The lowest BCUT2D eigenvalue weighted by molar-refractivity contribution is 0.180. The third-order valence-electron chi connectivity index (χ3n) is 3.89. The predicted molar refractivity (Wildman–Crippen MR) is 95.4 cm³/mol. The van der Waals surface area contributed by atoms with Crippen LogP contribution < -0.4 is 5.32 Å². The van der Waals surface area contributed by atoms with Crippen molar-refractivity contribution >= 4 is 6.03 Å². The standard InChI is InChI=1S/C20H26N2O/c1-16(2)22(15-19-7-5-4-6-8-19)20(23)21-14-13-18-11-9-17(3)10-12-18/h4-12,16H,13-15H2,1-3H3,(H,21,23). The van der Waals surface area contributed by atoms with Gasteiger partial charge >= 0.3 is 6.03 Å². The first kappa shape index (κ1) is 17.1. The topological polar surface area (TPSA) is 32.3 Å². The van der Waals surface area contributed by atoms with Crippen LogP contribution in [0.15, 0.2) is 54.6 Å². The summed E-state index contributed by atoms with van der Waals surface area (Å²) < 4.78 is 0. The second-order valence-electron chi connectivity index (χ2n) is 6.17. The number of benzene rings is 2. The van der Waals surface area contributed by atoms with Gasteiger partial charge in [0.2, 0.25) is 0 Å². The van der Waals surface area contributed by atoms with Crippen molar-refractivity contribution in [3.63, 3.8) is 0 Å². The van der Waals surface area contributed by atoms with Crippen LogP contribution in [0.25, 0.3) is 0 Å². The Labute approximate surface area is 139 Å². The molecule has 0 unspecified atom stereocenters. The van der Waals surface area contributed by atoms with Gasteiger partial charge in [0.1, 0.15) is 0 Å². The number of nitrogens with zero attached hydrogens (tertiary/aromatic N) is 1. The molecule has 1 N–H and O–H groups in total. The van der Waals surface area contributed by atoms with Crippen molar-refractivity contribution in [2.75, 3.05) is 6.54 Å². The van der Waals surface area contributed by atoms with Crippen molar-refractivity contribution in [1.82, 2.24) is 10.2 Å². The zero-order valence-electron chi connectivity index (χ0n) is 14.3. The molecule has 0 radical (unpaired) electrons. The third-order valence-corrected chi connectivity index (χ3v) is 3.89. The average Bonchev–Trinajstić information content (AvgIpc) is 2.55. The molecule has 2 rings (SSSR count). The summed E-state index contributed by atoms with van der Waals surface area (Å²) in [6.07, 6.45) is 0.850. The fourth-order valence-electron chi connectivity index (χ4n) is 2.44. The van der Waals surface area contributed by atoms with Gasteiger partial charge in [-0.1, -0.05) is 60.2 Å². The highest BCUT2D eigenvalue weighted by Gasteiger charge is 2.16. The highest BCUT2D eigenvalue weighted by molar-refractivity contribution is 5.74. The molecular weight excluding hydrogens is 284 g/mol. The maximum Gasteiger partial charge on any atom is 0.317 e. The summed E-state index contributed by atoms with van der Waals surface area (Å²) >= 11 is 0. The maximum absolute atomic E-state index is 12.4. The Kier molecular flexibility index (Phi) is 6.21. The number of hydrogen-bond donors (Lipinski definition) is 1. The van der Waals surface area contributed by atoms with E-state index in [9.17, 15) is 4.79 Å². The molecule has 0 spiro atoms. The molecule has 0 heterocycles. The molecule has 0 aliphatic carbocycles. The van der Waals surface area contributed by atoms with E-state index in [2.05, 4.69) is 48.6 Å². The first-order valence-corrected chi connectivity index (χ1v) is 8.20. The first-order valence-electron chi connectivity index (χ1n) is 8.20. The summed E-state index contributed by atoms with van der Waals surface area (Å²) in [5, 5.41) is 3.03. The predicted octanol–water partition coefficient (Wildman–Crippen LogP) is 4.16. The molecular formula is C20H26N2O. The Morgan fingerprint density at radius 1 is 1.00 bits per heavy atom. The summed E-state index contributed by atoms with van der Waals surface area (Å²) in [5.74, 6) is 0. The lowest BCUT2D eigenvalue weighted by atomic mass is 10.1. The molecule has 122 valence electrons. The van der Waals surface area contributed by atoms with E-state index in [0.29, 0.717) is 13.1 Å². The number of hydrogen-bond acceptors (Lipinski definition) is 1. The van der Waals surface area contributed by atoms with Crippen LogP contribution in [0.1, 0.15) is 30.5 Å². The zero-order valence-corrected chi connectivity index (χ0v) is 14.3. The number of carbonyl (C=O) groups is 1. The summed E-state index contributed by atoms with van der Waals surface area (Å²) in [6.45, 7) is 7.45. The van der Waals surface area contributed by atoms with Gasteiger partial charge in [0, 0.05) is 19.1 Å². The van der Waals surface area contributed by atoms with Crippen LogP contribution >= 0.6 is 0 Å². The Balaban J connectivity index is 1.87. The lowest BCUT2D eigenvalue weighted by Gasteiger charge is -2.27. The normalized spacial score (nSPS) is 10.6. The molecule has 2 amide bonds. The van der Waals surface area contributed by atoms with Crippen molar-refractivity contribution in [3.8, 4) is 0 Å². The van der Waals surface area contributed by atoms with E-state index in [1.165, 1.54) is 11.1 Å². The van der Waals surface area contributed by atoms with Crippen LogP contribution in [-0.2, 0) is 13.0 Å². The summed E-state index contributed by atoms with van der Waals surface area (Å²) in [4.78, 5) is 14.3. The van der Waals surface area contributed by atoms with Crippen LogP contribution in [0, 0.1) is 6.92 Å². The number of aryl methyl sites for hydroxylation is 1. The second kappa shape index (κ2) is 8.37. The molecule has 0 saturated carbocycles. The minimum Gasteiger partial charge on any atom is -0.338 e. The number of nitrogens with one attached hydrogen (secondary N) is 1. The Hall–Kier alpha value is -2.29. The van der Waals surface area contributed by atoms with Gasteiger partial charge < -0.3 is 10.2 Å². The van der Waals surface area contributed by atoms with Gasteiger partial charge in [-0.05, 0) is 38.3 Å². The molecule has 3 nitrogen and oxygen atoms in total. The van der Waals surface area contributed by atoms with Gasteiger partial charge in [0.05, 0.1) is 0 Å². The molecule has 0 atom stereocenters. The average molecular weight is 310 g/mol. The molecule has 0 aliphatic rings. The molecule has 2 aromatic carbocycles. The molecule has 2 aromatic rings. The van der Waals surface area contributed by atoms with E-state index >= 15 is 0 Å². The largest absolute Gasteiger partial charge is 0.338 e. The zero-order chi connectivity index (χ0) is 16.7. The monoisotopic (exact) mass is 310 g/mol. The minimum atomic E-state index is -0.00374. The summed E-state index contributed by atoms with van der Waals surface area (Å²) in [7, 11) is 0. The van der Waals surface area contributed by atoms with Crippen LogP contribution in [0.3, 0.4) is 0 Å². The van der Waals surface area contributed by atoms with E-state index in [1.807, 2.05) is 36.9 Å². The van der Waals surface area contributed by atoms with Crippen molar-refractivity contribution < 1.29 is 4.79 Å². The maximum atomic E-state index is 12.4. The summed E-state index contributed by atoms with van der Waals surface area (Å²) in [5.41, 5.74) is 3.65. The molecule has 3 heteroatoms. The Bertz CT molecular complexity index is 605. The fraction of sp³-hybridized carbons (Fsp3) is 0.350. The first-order chi connectivity index (χ1) is 11.1. The smallest absolute Gasteiger partial charge is 0.317 e. The molecule has 0 aliphatic heterocycles. The molecule has 23 heavy (non-hydrogen) atoms. The quantitative estimate of drug-likeness (QED) is 0.854. The van der Waals surface area contributed by atoms with Crippen LogP contribution in [0.2, 0.25) is 0 Å². The van der Waals surface area contributed by atoms with Crippen molar-refractivity contribution in [2.24, 2.45) is 0 Å². The van der Waals surface area contributed by atoms with Crippen molar-refractivity contribution in [1.29, 1.82) is 0 Å². The van der Waals surface area contributed by atoms with Gasteiger partial charge in [-0.2, -0.15) is 0 Å². The van der Waals surface area contributed by atoms with Gasteiger partial charge in [0.25, 0.3) is 0 Å². The number of carbonyl (C=O) groups excluding carboxylic acids is 1. The Morgan fingerprint density at radius 3 is 2.26 bits per heavy atom. The van der Waals surface area contributed by atoms with Gasteiger partial charge in [0.15, 0.2) is 0 Å². The van der Waals surface area contributed by atoms with E-state index in [-0.39, 0.29) is 12.1 Å².